The lowest BCUT2D eigenvalue weighted by molar-refractivity contribution is 0.0161. The summed E-state index contributed by atoms with van der Waals surface area (Å²) in [6, 6.07) is 0. The third kappa shape index (κ3) is 5.35. The minimum atomic E-state index is -3.39. The molecule has 2 rings (SSSR count). The van der Waals surface area contributed by atoms with E-state index in [2.05, 4.69) is 0 Å². The maximum atomic E-state index is 12.1. The van der Waals surface area contributed by atoms with Crippen molar-refractivity contribution in [2.45, 2.75) is 65.1 Å². The summed E-state index contributed by atoms with van der Waals surface area (Å²) in [7, 11) is -3.39. The number of likely N-dealkylation sites (tertiary alicyclic amines) is 1. The fourth-order valence-electron chi connectivity index (χ4n) is 3.58. The van der Waals surface area contributed by atoms with Gasteiger partial charge in [0, 0.05) is 13.1 Å². The lowest BCUT2D eigenvalue weighted by Crippen LogP contribution is -2.42. The van der Waals surface area contributed by atoms with Crippen LogP contribution >= 0.6 is 0 Å². The Morgan fingerprint density at radius 2 is 1.87 bits per heavy atom. The van der Waals surface area contributed by atoms with Crippen LogP contribution in [0.15, 0.2) is 0 Å². The van der Waals surface area contributed by atoms with Crippen molar-refractivity contribution in [2.75, 3.05) is 19.3 Å². The van der Waals surface area contributed by atoms with E-state index in [1.165, 1.54) is 0 Å². The molecule has 1 aliphatic heterocycles. The van der Waals surface area contributed by atoms with Gasteiger partial charge in [0.2, 0.25) is 0 Å². The third-order valence-electron chi connectivity index (χ3n) is 4.73. The minimum absolute atomic E-state index is 0.238. The monoisotopic (exact) mass is 347 g/mol. The lowest BCUT2D eigenvalue weighted by atomic mass is 9.89. The Hall–Kier alpha value is -0.820. The van der Waals surface area contributed by atoms with Crippen molar-refractivity contribution in [2.24, 2.45) is 11.3 Å². The van der Waals surface area contributed by atoms with Crippen LogP contribution in [-0.4, -0.2) is 50.5 Å². The predicted octanol–water partition coefficient (Wildman–Crippen LogP) is 2.78. The normalized spacial score (nSPS) is 25.3. The summed E-state index contributed by atoms with van der Waals surface area (Å²) in [6.45, 7) is 8.85. The molecule has 2 fully saturated rings. The Balaban J connectivity index is 1.78. The van der Waals surface area contributed by atoms with Crippen molar-refractivity contribution in [1.82, 2.24) is 4.90 Å². The van der Waals surface area contributed by atoms with Gasteiger partial charge in [0.05, 0.1) is 12.4 Å². The molecule has 134 valence electrons. The Morgan fingerprint density at radius 3 is 2.35 bits per heavy atom. The van der Waals surface area contributed by atoms with E-state index in [9.17, 15) is 13.2 Å². The van der Waals surface area contributed by atoms with Gasteiger partial charge in [0.25, 0.3) is 10.1 Å². The number of rotatable bonds is 4. The number of piperidine rings is 1. The van der Waals surface area contributed by atoms with Crippen molar-refractivity contribution in [3.8, 4) is 0 Å². The second-order valence-corrected chi connectivity index (χ2v) is 9.68. The summed E-state index contributed by atoms with van der Waals surface area (Å²) in [5, 5.41) is 0. The third-order valence-corrected chi connectivity index (χ3v) is 5.40. The molecule has 6 nitrogen and oxygen atoms in total. The maximum Gasteiger partial charge on any atom is 0.410 e. The van der Waals surface area contributed by atoms with Gasteiger partial charge >= 0.3 is 6.09 Å². The molecule has 0 bridgehead atoms. The highest BCUT2D eigenvalue weighted by molar-refractivity contribution is 7.86. The Kier molecular flexibility index (Phi) is 5.02. The molecule has 1 aliphatic carbocycles. The van der Waals surface area contributed by atoms with E-state index < -0.39 is 15.7 Å². The molecule has 1 spiro atoms. The van der Waals surface area contributed by atoms with Crippen LogP contribution in [0, 0.1) is 11.3 Å². The number of carbonyl (C=O) groups is 1. The molecule has 1 saturated carbocycles. The zero-order chi connectivity index (χ0) is 17.5. The molecule has 7 heteroatoms. The zero-order valence-corrected chi connectivity index (χ0v) is 15.6. The molecule has 0 radical (unpaired) electrons. The van der Waals surface area contributed by atoms with Gasteiger partial charge in [-0.25, -0.2) is 4.79 Å². The minimum Gasteiger partial charge on any atom is -0.444 e. The fraction of sp³-hybridized carbons (Fsp3) is 0.938. The van der Waals surface area contributed by atoms with Crippen molar-refractivity contribution in [3.05, 3.63) is 0 Å². The Morgan fingerprint density at radius 1 is 1.30 bits per heavy atom. The number of hydrogen-bond acceptors (Lipinski definition) is 5. The van der Waals surface area contributed by atoms with Gasteiger partial charge < -0.3 is 9.64 Å². The molecule has 0 aromatic rings. The van der Waals surface area contributed by atoms with Gasteiger partial charge in [-0.05, 0) is 64.7 Å². The largest absolute Gasteiger partial charge is 0.444 e. The summed E-state index contributed by atoms with van der Waals surface area (Å²) in [6.07, 6.45) is 4.36. The van der Waals surface area contributed by atoms with Gasteiger partial charge in [0.1, 0.15) is 5.60 Å². The van der Waals surface area contributed by atoms with Crippen LogP contribution in [-0.2, 0) is 19.0 Å². The standard InChI is InChI=1S/C16H29NO5S/c1-12(22-23(5,19)20)10-13-11-16(13)6-8-17(9-7-16)14(18)21-15(2,3)4/h12-13H,6-11H2,1-5H3. The van der Waals surface area contributed by atoms with Crippen LogP contribution in [0.2, 0.25) is 0 Å². The molecule has 2 aliphatic rings. The van der Waals surface area contributed by atoms with Crippen LogP contribution in [0.1, 0.15) is 53.4 Å². The number of hydrogen-bond donors (Lipinski definition) is 0. The van der Waals surface area contributed by atoms with Crippen molar-refractivity contribution < 1.29 is 22.1 Å². The molecule has 2 atom stereocenters. The Bertz CT molecular complexity index is 543. The summed E-state index contributed by atoms with van der Waals surface area (Å²) in [5.41, 5.74) is -0.194. The number of carbonyl (C=O) groups excluding carboxylic acids is 1. The number of ether oxygens (including phenoxy) is 1. The fourth-order valence-corrected chi connectivity index (χ4v) is 4.25. The van der Waals surface area contributed by atoms with E-state index in [-0.39, 0.29) is 17.6 Å². The molecule has 1 amide bonds. The maximum absolute atomic E-state index is 12.1. The number of amides is 1. The van der Waals surface area contributed by atoms with Crippen LogP contribution in [0.25, 0.3) is 0 Å². The molecule has 23 heavy (non-hydrogen) atoms. The average molecular weight is 347 g/mol. The van der Waals surface area contributed by atoms with Crippen LogP contribution in [0.3, 0.4) is 0 Å². The smallest absolute Gasteiger partial charge is 0.410 e. The first-order valence-electron chi connectivity index (χ1n) is 8.26. The SMILES string of the molecule is CC(CC1CC12CCN(C(=O)OC(C)(C)C)CC2)OS(C)(=O)=O. The first-order chi connectivity index (χ1) is 10.4. The topological polar surface area (TPSA) is 72.9 Å². The average Bonchev–Trinajstić information content (AvgIpc) is 2.97. The van der Waals surface area contributed by atoms with E-state index in [1.807, 2.05) is 27.7 Å². The Labute approximate surface area is 139 Å². The zero-order valence-electron chi connectivity index (χ0n) is 14.8. The lowest BCUT2D eigenvalue weighted by Gasteiger charge is -2.34. The van der Waals surface area contributed by atoms with Crippen LogP contribution < -0.4 is 0 Å². The van der Waals surface area contributed by atoms with Crippen LogP contribution in [0.5, 0.6) is 0 Å². The van der Waals surface area contributed by atoms with Gasteiger partial charge in [0.15, 0.2) is 0 Å². The molecule has 0 aromatic heterocycles. The first kappa shape index (κ1) is 18.5. The molecule has 1 saturated heterocycles. The number of nitrogens with zero attached hydrogens (tertiary/aromatic N) is 1. The summed E-state index contributed by atoms with van der Waals surface area (Å²) in [5.74, 6) is 0.500. The van der Waals surface area contributed by atoms with Gasteiger partial charge in [-0.15, -0.1) is 0 Å². The van der Waals surface area contributed by atoms with E-state index in [4.69, 9.17) is 8.92 Å². The van der Waals surface area contributed by atoms with E-state index in [0.717, 1.165) is 31.9 Å². The molecular formula is C16H29NO5S. The van der Waals surface area contributed by atoms with Gasteiger partial charge in [-0.1, -0.05) is 0 Å². The molecular weight excluding hydrogens is 318 g/mol. The molecule has 0 N–H and O–H groups in total. The van der Waals surface area contributed by atoms with Crippen molar-refractivity contribution in [1.29, 1.82) is 0 Å². The van der Waals surface area contributed by atoms with Gasteiger partial charge in [-0.3, -0.25) is 4.18 Å². The quantitative estimate of drug-likeness (QED) is 0.731. The van der Waals surface area contributed by atoms with E-state index in [1.54, 1.807) is 4.90 Å². The predicted molar refractivity (Wildman–Crippen MR) is 87.6 cm³/mol. The second kappa shape index (κ2) is 6.24. The molecule has 0 aromatic carbocycles. The highest BCUT2D eigenvalue weighted by Crippen LogP contribution is 2.61. The highest BCUT2D eigenvalue weighted by Gasteiger charge is 2.55. The second-order valence-electron chi connectivity index (χ2n) is 8.08. The van der Waals surface area contributed by atoms with Gasteiger partial charge in [-0.2, -0.15) is 8.42 Å². The summed E-state index contributed by atoms with van der Waals surface area (Å²) in [4.78, 5) is 13.9. The highest BCUT2D eigenvalue weighted by atomic mass is 32.2. The first-order valence-corrected chi connectivity index (χ1v) is 10.1. The van der Waals surface area contributed by atoms with E-state index in [0.29, 0.717) is 19.0 Å². The molecule has 2 unspecified atom stereocenters. The molecule has 1 heterocycles. The summed E-state index contributed by atoms with van der Waals surface area (Å²) >= 11 is 0. The van der Waals surface area contributed by atoms with Crippen molar-refractivity contribution >= 4 is 16.2 Å². The summed E-state index contributed by atoms with van der Waals surface area (Å²) < 4.78 is 32.8. The van der Waals surface area contributed by atoms with Crippen LogP contribution in [0.4, 0.5) is 4.79 Å². The van der Waals surface area contributed by atoms with E-state index >= 15 is 0 Å². The van der Waals surface area contributed by atoms with Crippen molar-refractivity contribution in [3.63, 3.8) is 0 Å².